The van der Waals surface area contributed by atoms with Gasteiger partial charge in [-0.1, -0.05) is 78.4 Å². The largest absolute Gasteiger partial charge is 0.460 e. The average molecular weight is 599 g/mol. The Morgan fingerprint density at radius 3 is 2.07 bits per heavy atom. The molecule has 1 aliphatic carbocycles. The van der Waals surface area contributed by atoms with Crippen molar-refractivity contribution in [1.29, 1.82) is 0 Å². The maximum atomic E-state index is 13.1. The number of alkyl carbamates (subject to hydrolysis) is 1. The third-order valence-electron chi connectivity index (χ3n) is 6.98. The lowest BCUT2D eigenvalue weighted by molar-refractivity contribution is -0.156. The molecule has 230 valence electrons. The van der Waals surface area contributed by atoms with Gasteiger partial charge in [-0.2, -0.15) is 5.10 Å². The molecule has 0 spiro atoms. The lowest BCUT2D eigenvalue weighted by atomic mass is 9.98. The predicted octanol–water partition coefficient (Wildman–Crippen LogP) is 4.74. The number of esters is 1. The molecule has 0 saturated heterocycles. The number of ether oxygens (including phenoxy) is 2. The van der Waals surface area contributed by atoms with E-state index in [9.17, 15) is 19.2 Å². The van der Waals surface area contributed by atoms with Crippen molar-refractivity contribution in [2.75, 3.05) is 6.61 Å². The molecule has 3 aromatic rings. The number of fused-ring (bicyclic) bond motifs is 3. The Labute approximate surface area is 257 Å². The van der Waals surface area contributed by atoms with Crippen LogP contribution in [0.2, 0.25) is 0 Å². The van der Waals surface area contributed by atoms with Gasteiger partial charge in [0.25, 0.3) is 11.8 Å². The van der Waals surface area contributed by atoms with Gasteiger partial charge in [0, 0.05) is 12.5 Å². The van der Waals surface area contributed by atoms with E-state index in [1.54, 1.807) is 20.8 Å². The highest BCUT2D eigenvalue weighted by Crippen LogP contribution is 2.44. The van der Waals surface area contributed by atoms with Gasteiger partial charge in [0.1, 0.15) is 24.0 Å². The van der Waals surface area contributed by atoms with Crippen molar-refractivity contribution in [3.8, 4) is 11.1 Å². The third kappa shape index (κ3) is 8.53. The summed E-state index contributed by atoms with van der Waals surface area (Å²) in [4.78, 5) is 51.1. The fourth-order valence-corrected chi connectivity index (χ4v) is 4.83. The first-order valence-corrected chi connectivity index (χ1v) is 14.4. The van der Waals surface area contributed by atoms with Crippen molar-refractivity contribution < 1.29 is 28.7 Å². The highest BCUT2D eigenvalue weighted by atomic mass is 16.6. The number of benzene rings is 3. The van der Waals surface area contributed by atoms with Gasteiger partial charge < -0.3 is 20.1 Å². The Morgan fingerprint density at radius 1 is 0.886 bits per heavy atom. The minimum Gasteiger partial charge on any atom is -0.460 e. The minimum atomic E-state index is -1.37. The zero-order valence-electron chi connectivity index (χ0n) is 25.6. The van der Waals surface area contributed by atoms with Gasteiger partial charge in [0.15, 0.2) is 0 Å². The Morgan fingerprint density at radius 2 is 1.48 bits per heavy atom. The van der Waals surface area contributed by atoms with E-state index < -0.39 is 41.9 Å². The van der Waals surface area contributed by atoms with Crippen LogP contribution in [0.3, 0.4) is 0 Å². The van der Waals surface area contributed by atoms with Crippen LogP contribution in [0.4, 0.5) is 4.79 Å². The van der Waals surface area contributed by atoms with Crippen LogP contribution < -0.4 is 16.1 Å². The van der Waals surface area contributed by atoms with E-state index in [-0.39, 0.29) is 24.8 Å². The topological polar surface area (TPSA) is 135 Å². The van der Waals surface area contributed by atoms with Crippen molar-refractivity contribution >= 4 is 29.6 Å². The molecular formula is C34H38N4O6. The molecule has 0 radical (unpaired) electrons. The smallest absolute Gasteiger partial charge is 0.407 e. The number of carbonyl (C=O) groups excluding carboxylic acids is 4. The Bertz CT molecular complexity index is 1510. The fourth-order valence-electron chi connectivity index (χ4n) is 4.83. The molecule has 0 bridgehead atoms. The first-order chi connectivity index (χ1) is 20.9. The molecule has 10 nitrogen and oxygen atoms in total. The van der Waals surface area contributed by atoms with Gasteiger partial charge in [-0.05, 0) is 62.4 Å². The van der Waals surface area contributed by atoms with Crippen LogP contribution in [0.1, 0.15) is 62.3 Å². The van der Waals surface area contributed by atoms with Gasteiger partial charge in [-0.3, -0.25) is 14.4 Å². The highest BCUT2D eigenvalue weighted by Gasteiger charge is 2.31. The number of hydrazone groups is 1. The van der Waals surface area contributed by atoms with Crippen molar-refractivity contribution in [3.05, 3.63) is 95.1 Å². The van der Waals surface area contributed by atoms with Gasteiger partial charge in [-0.15, -0.1) is 0 Å². The summed E-state index contributed by atoms with van der Waals surface area (Å²) < 4.78 is 10.9. The Balaban J connectivity index is 1.39. The summed E-state index contributed by atoms with van der Waals surface area (Å²) in [5.74, 6) is -2.18. The number of aryl methyl sites for hydroxylation is 1. The maximum absolute atomic E-state index is 13.1. The number of carbonyl (C=O) groups is 4. The van der Waals surface area contributed by atoms with Crippen LogP contribution >= 0.6 is 0 Å². The molecule has 3 aromatic carbocycles. The second-order valence-electron chi connectivity index (χ2n) is 11.7. The normalized spacial score (nSPS) is 13.2. The SMILES string of the molecule is C/C(=N/NC(=O)[C@H](CC(=O)OC(C)(C)C)NC(=O)OCC1c2ccccc2-c2ccccc21)C(=O)NCc1ccc(C)cc1. The molecule has 3 N–H and O–H groups in total. The summed E-state index contributed by atoms with van der Waals surface area (Å²) in [6, 6.07) is 22.2. The lowest BCUT2D eigenvalue weighted by Crippen LogP contribution is -2.48. The quantitative estimate of drug-likeness (QED) is 0.175. The summed E-state index contributed by atoms with van der Waals surface area (Å²) >= 11 is 0. The van der Waals surface area contributed by atoms with E-state index in [4.69, 9.17) is 9.47 Å². The van der Waals surface area contributed by atoms with Crippen LogP contribution in [-0.2, 0) is 30.4 Å². The number of nitrogens with one attached hydrogen (secondary N) is 3. The van der Waals surface area contributed by atoms with E-state index in [0.717, 1.165) is 33.4 Å². The summed E-state index contributed by atoms with van der Waals surface area (Å²) in [6.07, 6.45) is -1.35. The van der Waals surface area contributed by atoms with Crippen LogP contribution in [0.15, 0.2) is 77.9 Å². The third-order valence-corrected chi connectivity index (χ3v) is 6.98. The van der Waals surface area contributed by atoms with Crippen LogP contribution in [0.5, 0.6) is 0 Å². The molecular weight excluding hydrogens is 560 g/mol. The first-order valence-electron chi connectivity index (χ1n) is 14.4. The van der Waals surface area contributed by atoms with Gasteiger partial charge >= 0.3 is 12.1 Å². The summed E-state index contributed by atoms with van der Waals surface area (Å²) in [5.41, 5.74) is 7.71. The summed E-state index contributed by atoms with van der Waals surface area (Å²) in [6.45, 7) is 8.81. The van der Waals surface area contributed by atoms with Crippen LogP contribution in [-0.4, -0.2) is 47.8 Å². The molecule has 44 heavy (non-hydrogen) atoms. The van der Waals surface area contributed by atoms with Gasteiger partial charge in [0.05, 0.1) is 6.42 Å². The summed E-state index contributed by atoms with van der Waals surface area (Å²) in [5, 5.41) is 9.08. The summed E-state index contributed by atoms with van der Waals surface area (Å²) in [7, 11) is 0. The standard InChI is InChI=1S/C34H38N4O6/c1-21-14-16-23(17-15-21)19-35-31(40)22(2)37-38-32(41)29(18-30(39)44-34(3,4)5)36-33(42)43-20-28-26-12-8-6-10-24(26)25-11-7-9-13-27(25)28/h6-17,28-29H,18-20H2,1-5H3,(H,35,40)(H,36,42)(H,38,41)/b37-22-/t29-/m0/s1. The van der Waals surface area contributed by atoms with E-state index in [0.29, 0.717) is 0 Å². The zero-order valence-corrected chi connectivity index (χ0v) is 25.6. The molecule has 0 fully saturated rings. The van der Waals surface area contributed by atoms with Crippen LogP contribution in [0.25, 0.3) is 11.1 Å². The van der Waals surface area contributed by atoms with Crippen molar-refractivity contribution in [3.63, 3.8) is 0 Å². The Kier molecular flexibility index (Phi) is 10.2. The molecule has 0 saturated carbocycles. The number of amides is 3. The van der Waals surface area contributed by atoms with Crippen LogP contribution in [0, 0.1) is 6.92 Å². The molecule has 3 amide bonds. The maximum Gasteiger partial charge on any atom is 0.407 e. The monoisotopic (exact) mass is 598 g/mol. The van der Waals surface area contributed by atoms with Crippen molar-refractivity contribution in [2.45, 2.75) is 65.1 Å². The van der Waals surface area contributed by atoms with Crippen molar-refractivity contribution in [2.24, 2.45) is 5.10 Å². The molecule has 1 aliphatic rings. The van der Waals surface area contributed by atoms with E-state index in [1.807, 2.05) is 79.7 Å². The molecule has 10 heteroatoms. The highest BCUT2D eigenvalue weighted by molar-refractivity contribution is 6.37. The second kappa shape index (κ2) is 14.0. The molecule has 0 aliphatic heterocycles. The zero-order chi connectivity index (χ0) is 31.9. The molecule has 0 heterocycles. The first kappa shape index (κ1) is 31.9. The number of rotatable bonds is 10. The van der Waals surface area contributed by atoms with E-state index in [2.05, 4.69) is 21.2 Å². The second-order valence-corrected chi connectivity index (χ2v) is 11.7. The predicted molar refractivity (Wildman–Crippen MR) is 167 cm³/mol. The van der Waals surface area contributed by atoms with E-state index >= 15 is 0 Å². The van der Waals surface area contributed by atoms with Crippen molar-refractivity contribution in [1.82, 2.24) is 16.1 Å². The van der Waals surface area contributed by atoms with Gasteiger partial charge in [-0.25, -0.2) is 10.2 Å². The van der Waals surface area contributed by atoms with E-state index in [1.165, 1.54) is 6.92 Å². The average Bonchev–Trinajstić information content (AvgIpc) is 3.30. The lowest BCUT2D eigenvalue weighted by Gasteiger charge is -2.22. The Hall–Kier alpha value is -4.99. The molecule has 1 atom stereocenters. The van der Waals surface area contributed by atoms with Gasteiger partial charge in [0.2, 0.25) is 0 Å². The number of nitrogens with zero attached hydrogens (tertiary/aromatic N) is 1. The number of hydrogen-bond acceptors (Lipinski definition) is 7. The molecule has 0 unspecified atom stereocenters. The fraction of sp³-hybridized carbons (Fsp3) is 0.324. The molecule has 0 aromatic heterocycles. The number of hydrogen-bond donors (Lipinski definition) is 3. The molecule has 4 rings (SSSR count). The minimum absolute atomic E-state index is 0.0115.